The molecule has 0 spiro atoms. The molecule has 1 atom stereocenters. The zero-order valence-electron chi connectivity index (χ0n) is 13.7. The first kappa shape index (κ1) is 14.5. The molecule has 2 aromatic rings. The Labute approximate surface area is 136 Å². The van der Waals surface area contributed by atoms with Crippen molar-refractivity contribution in [2.75, 3.05) is 20.1 Å². The van der Waals surface area contributed by atoms with Crippen LogP contribution in [0, 0.1) is 5.92 Å². The van der Waals surface area contributed by atoms with E-state index in [1.54, 1.807) is 0 Å². The van der Waals surface area contributed by atoms with Gasteiger partial charge in [0.05, 0.1) is 29.8 Å². The van der Waals surface area contributed by atoms with Gasteiger partial charge in [0, 0.05) is 35.8 Å². The molecule has 0 amide bonds. The first-order valence-electron chi connectivity index (χ1n) is 8.19. The van der Waals surface area contributed by atoms with Gasteiger partial charge in [0.25, 0.3) is 0 Å². The second-order valence-electron chi connectivity index (χ2n) is 6.64. The van der Waals surface area contributed by atoms with Gasteiger partial charge in [-0.25, -0.2) is 4.98 Å². The highest BCUT2D eigenvalue weighted by Gasteiger charge is 2.20. The summed E-state index contributed by atoms with van der Waals surface area (Å²) < 4.78 is 0. The van der Waals surface area contributed by atoms with Crippen LogP contribution in [0.2, 0.25) is 0 Å². The number of nitrogens with zero attached hydrogens (tertiary/aromatic N) is 5. The van der Waals surface area contributed by atoms with Gasteiger partial charge in [0.1, 0.15) is 0 Å². The van der Waals surface area contributed by atoms with Crippen molar-refractivity contribution in [2.45, 2.75) is 26.3 Å². The highest BCUT2D eigenvalue weighted by molar-refractivity contribution is 6.02. The van der Waals surface area contributed by atoms with Crippen molar-refractivity contribution in [3.63, 3.8) is 0 Å². The number of aliphatic imine (C=N–C) groups is 1. The Bertz CT molecular complexity index is 768. The lowest BCUT2D eigenvalue weighted by Gasteiger charge is -2.10. The van der Waals surface area contributed by atoms with Crippen LogP contribution in [-0.4, -0.2) is 45.7 Å². The molecule has 1 fully saturated rings. The summed E-state index contributed by atoms with van der Waals surface area (Å²) in [5.41, 5.74) is 6.28. The molecule has 0 N–H and O–H groups in total. The molecule has 0 aliphatic carbocycles. The smallest absolute Gasteiger partial charge is 0.0904 e. The van der Waals surface area contributed by atoms with Crippen LogP contribution in [0.4, 0.5) is 0 Å². The first-order valence-corrected chi connectivity index (χ1v) is 8.19. The summed E-state index contributed by atoms with van der Waals surface area (Å²) in [5, 5.41) is 0. The standard InChI is InChI=1S/C18H21N5/c1-12-16-6-14(7-21-18(16)10-20-12)17-9-19-8-15(22-17)5-13-3-4-23(2)11-13/h6-9,13H,3-5,10-11H2,1-2H3. The highest BCUT2D eigenvalue weighted by atomic mass is 15.1. The van der Waals surface area contributed by atoms with Crippen molar-refractivity contribution < 1.29 is 0 Å². The number of likely N-dealkylation sites (tertiary alicyclic amines) is 1. The minimum atomic E-state index is 0.692. The van der Waals surface area contributed by atoms with Crippen molar-refractivity contribution in [1.29, 1.82) is 0 Å². The average molecular weight is 307 g/mol. The molecule has 5 nitrogen and oxygen atoms in total. The monoisotopic (exact) mass is 307 g/mol. The van der Waals surface area contributed by atoms with Crippen molar-refractivity contribution in [2.24, 2.45) is 10.9 Å². The number of hydrogen-bond acceptors (Lipinski definition) is 5. The van der Waals surface area contributed by atoms with Crippen LogP contribution in [0.15, 0.2) is 29.6 Å². The predicted octanol–water partition coefficient (Wildman–Crippen LogP) is 2.36. The van der Waals surface area contributed by atoms with Crippen LogP contribution in [0.3, 0.4) is 0 Å². The van der Waals surface area contributed by atoms with Crippen LogP contribution < -0.4 is 0 Å². The van der Waals surface area contributed by atoms with Crippen molar-refractivity contribution in [3.05, 3.63) is 41.6 Å². The molecule has 118 valence electrons. The number of hydrogen-bond donors (Lipinski definition) is 0. The van der Waals surface area contributed by atoms with Gasteiger partial charge in [0.2, 0.25) is 0 Å². The van der Waals surface area contributed by atoms with Crippen molar-refractivity contribution in [1.82, 2.24) is 19.9 Å². The molecule has 5 heteroatoms. The third-order valence-corrected chi connectivity index (χ3v) is 4.79. The van der Waals surface area contributed by atoms with Crippen molar-refractivity contribution >= 4 is 5.71 Å². The summed E-state index contributed by atoms with van der Waals surface area (Å²) in [6.45, 7) is 5.07. The summed E-state index contributed by atoms with van der Waals surface area (Å²) in [5.74, 6) is 0.692. The van der Waals surface area contributed by atoms with Crippen LogP contribution in [0.1, 0.15) is 30.3 Å². The Morgan fingerprint density at radius 3 is 3.00 bits per heavy atom. The Morgan fingerprint density at radius 1 is 1.26 bits per heavy atom. The van der Waals surface area contributed by atoms with Crippen molar-refractivity contribution in [3.8, 4) is 11.3 Å². The molecule has 2 aromatic heterocycles. The van der Waals surface area contributed by atoms with E-state index in [-0.39, 0.29) is 0 Å². The molecule has 23 heavy (non-hydrogen) atoms. The van der Waals surface area contributed by atoms with Gasteiger partial charge in [-0.3, -0.25) is 15.0 Å². The lowest BCUT2D eigenvalue weighted by atomic mass is 10.0. The lowest BCUT2D eigenvalue weighted by molar-refractivity contribution is 0.393. The summed E-state index contributed by atoms with van der Waals surface area (Å²) >= 11 is 0. The molecular weight excluding hydrogens is 286 g/mol. The van der Waals surface area contributed by atoms with Crippen LogP contribution in [0.5, 0.6) is 0 Å². The van der Waals surface area contributed by atoms with E-state index in [1.165, 1.54) is 13.0 Å². The summed E-state index contributed by atoms with van der Waals surface area (Å²) in [6.07, 6.45) is 7.87. The number of fused-ring (bicyclic) bond motifs is 1. The van der Waals surface area contributed by atoms with E-state index in [0.717, 1.165) is 46.9 Å². The zero-order chi connectivity index (χ0) is 15.8. The lowest BCUT2D eigenvalue weighted by Crippen LogP contribution is -2.15. The molecule has 2 aliphatic heterocycles. The van der Waals surface area contributed by atoms with E-state index in [2.05, 4.69) is 33.0 Å². The van der Waals surface area contributed by atoms with Gasteiger partial charge in [-0.2, -0.15) is 0 Å². The normalized spacial score (nSPS) is 20.6. The van der Waals surface area contributed by atoms with E-state index in [4.69, 9.17) is 4.98 Å². The molecule has 4 rings (SSSR count). The molecule has 1 unspecified atom stereocenters. The molecular formula is C18H21N5. The minimum absolute atomic E-state index is 0.692. The second kappa shape index (κ2) is 5.81. The van der Waals surface area contributed by atoms with E-state index >= 15 is 0 Å². The maximum atomic E-state index is 4.82. The molecule has 0 saturated carbocycles. The fourth-order valence-corrected chi connectivity index (χ4v) is 3.48. The molecule has 4 heterocycles. The summed E-state index contributed by atoms with van der Waals surface area (Å²) in [6, 6.07) is 2.14. The molecule has 0 bridgehead atoms. The Morgan fingerprint density at radius 2 is 2.17 bits per heavy atom. The third kappa shape index (κ3) is 2.88. The van der Waals surface area contributed by atoms with E-state index in [0.29, 0.717) is 12.5 Å². The van der Waals surface area contributed by atoms with E-state index in [1.807, 2.05) is 25.5 Å². The predicted molar refractivity (Wildman–Crippen MR) is 90.5 cm³/mol. The van der Waals surface area contributed by atoms with Gasteiger partial charge in [-0.15, -0.1) is 0 Å². The number of pyridine rings is 1. The molecule has 1 saturated heterocycles. The van der Waals surface area contributed by atoms with Crippen LogP contribution >= 0.6 is 0 Å². The molecule has 0 radical (unpaired) electrons. The average Bonchev–Trinajstić information content (AvgIpc) is 3.14. The molecule has 0 aromatic carbocycles. The number of aromatic nitrogens is 3. The van der Waals surface area contributed by atoms with Gasteiger partial charge in [-0.1, -0.05) is 0 Å². The SMILES string of the molecule is CC1=NCc2ncc(-c3cncc(CC4CCN(C)C4)n3)cc21. The van der Waals surface area contributed by atoms with E-state index < -0.39 is 0 Å². The van der Waals surface area contributed by atoms with Crippen LogP contribution in [-0.2, 0) is 13.0 Å². The maximum Gasteiger partial charge on any atom is 0.0904 e. The van der Waals surface area contributed by atoms with Gasteiger partial charge < -0.3 is 4.90 Å². The third-order valence-electron chi connectivity index (χ3n) is 4.79. The van der Waals surface area contributed by atoms with Crippen LogP contribution in [0.25, 0.3) is 11.3 Å². The summed E-state index contributed by atoms with van der Waals surface area (Å²) in [7, 11) is 2.18. The Kier molecular flexibility index (Phi) is 3.65. The molecule has 2 aliphatic rings. The largest absolute Gasteiger partial charge is 0.306 e. The zero-order valence-corrected chi connectivity index (χ0v) is 13.7. The fourth-order valence-electron chi connectivity index (χ4n) is 3.48. The minimum Gasteiger partial charge on any atom is -0.306 e. The van der Waals surface area contributed by atoms with E-state index in [9.17, 15) is 0 Å². The Balaban J connectivity index is 1.59. The maximum absolute atomic E-state index is 4.82. The topological polar surface area (TPSA) is 54.3 Å². The van der Waals surface area contributed by atoms with Gasteiger partial charge in [-0.05, 0) is 45.3 Å². The number of rotatable bonds is 3. The summed E-state index contributed by atoms with van der Waals surface area (Å²) in [4.78, 5) is 20.6. The first-order chi connectivity index (χ1) is 11.2. The highest BCUT2D eigenvalue weighted by Crippen LogP contribution is 2.24. The quantitative estimate of drug-likeness (QED) is 0.873. The fraction of sp³-hybridized carbons (Fsp3) is 0.444. The Hall–Kier alpha value is -2.14. The van der Waals surface area contributed by atoms with Gasteiger partial charge in [0.15, 0.2) is 0 Å². The van der Waals surface area contributed by atoms with Gasteiger partial charge >= 0.3 is 0 Å². The second-order valence-corrected chi connectivity index (χ2v) is 6.64.